The number of nitrogens with one attached hydrogen (secondary N) is 1. The molecule has 2 rings (SSSR count). The molecule has 0 radical (unpaired) electrons. The molecular formula is C21H24N2O4. The van der Waals surface area contributed by atoms with Gasteiger partial charge >= 0.3 is 5.97 Å². The molecule has 0 aliphatic carbocycles. The highest BCUT2D eigenvalue weighted by atomic mass is 16.5. The van der Waals surface area contributed by atoms with Crippen molar-refractivity contribution < 1.29 is 19.1 Å². The van der Waals surface area contributed by atoms with Gasteiger partial charge in [-0.2, -0.15) is 0 Å². The van der Waals surface area contributed by atoms with Crippen LogP contribution >= 0.6 is 0 Å². The van der Waals surface area contributed by atoms with Gasteiger partial charge in [0, 0.05) is 12.6 Å². The average molecular weight is 368 g/mol. The molecule has 0 aliphatic heterocycles. The molecule has 27 heavy (non-hydrogen) atoms. The fourth-order valence-corrected chi connectivity index (χ4v) is 2.79. The van der Waals surface area contributed by atoms with Crippen LogP contribution in [0.5, 0.6) is 0 Å². The van der Waals surface area contributed by atoms with Crippen LogP contribution in [0.4, 0.5) is 11.4 Å². The van der Waals surface area contributed by atoms with E-state index in [0.29, 0.717) is 11.4 Å². The monoisotopic (exact) mass is 368 g/mol. The minimum absolute atomic E-state index is 0.156. The SMILES string of the molecule is CCOC(=O)c1ccccc1NC(=O)CN(C(C)=O)c1ccc(C)cc1C. The minimum Gasteiger partial charge on any atom is -0.462 e. The number of hydrogen-bond donors (Lipinski definition) is 1. The molecule has 1 N–H and O–H groups in total. The fourth-order valence-electron chi connectivity index (χ4n) is 2.79. The smallest absolute Gasteiger partial charge is 0.340 e. The molecule has 0 fully saturated rings. The van der Waals surface area contributed by atoms with E-state index >= 15 is 0 Å². The average Bonchev–Trinajstić information content (AvgIpc) is 2.60. The summed E-state index contributed by atoms with van der Waals surface area (Å²) in [6.45, 7) is 7.08. The number of aryl methyl sites for hydroxylation is 2. The van der Waals surface area contributed by atoms with Gasteiger partial charge in [-0.05, 0) is 44.5 Å². The summed E-state index contributed by atoms with van der Waals surface area (Å²) in [5, 5.41) is 2.70. The van der Waals surface area contributed by atoms with Gasteiger partial charge in [0.2, 0.25) is 11.8 Å². The predicted molar refractivity (Wildman–Crippen MR) is 105 cm³/mol. The van der Waals surface area contributed by atoms with E-state index in [1.807, 2.05) is 32.0 Å². The van der Waals surface area contributed by atoms with E-state index in [1.54, 1.807) is 31.2 Å². The van der Waals surface area contributed by atoms with Crippen LogP contribution in [0.15, 0.2) is 42.5 Å². The summed E-state index contributed by atoms with van der Waals surface area (Å²) in [7, 11) is 0. The molecule has 2 aromatic rings. The molecule has 0 atom stereocenters. The summed E-state index contributed by atoms with van der Waals surface area (Å²) in [5.74, 6) is -1.15. The number of esters is 1. The predicted octanol–water partition coefficient (Wildman–Crippen LogP) is 3.47. The lowest BCUT2D eigenvalue weighted by Gasteiger charge is -2.23. The number of carbonyl (C=O) groups excluding carboxylic acids is 3. The number of ether oxygens (including phenoxy) is 1. The zero-order valence-corrected chi connectivity index (χ0v) is 16.0. The van der Waals surface area contributed by atoms with Gasteiger partial charge in [0.25, 0.3) is 0 Å². The molecule has 6 nitrogen and oxygen atoms in total. The first-order valence-electron chi connectivity index (χ1n) is 8.74. The van der Waals surface area contributed by atoms with Crippen LogP contribution < -0.4 is 10.2 Å². The maximum Gasteiger partial charge on any atom is 0.340 e. The molecule has 0 saturated heterocycles. The highest BCUT2D eigenvalue weighted by Gasteiger charge is 2.19. The largest absolute Gasteiger partial charge is 0.462 e. The first-order valence-corrected chi connectivity index (χ1v) is 8.74. The molecule has 142 valence electrons. The van der Waals surface area contributed by atoms with E-state index < -0.39 is 11.9 Å². The first-order chi connectivity index (χ1) is 12.8. The Morgan fingerprint density at radius 1 is 1.07 bits per heavy atom. The highest BCUT2D eigenvalue weighted by Crippen LogP contribution is 2.22. The van der Waals surface area contributed by atoms with Gasteiger partial charge in [-0.15, -0.1) is 0 Å². The summed E-state index contributed by atoms with van der Waals surface area (Å²) in [6.07, 6.45) is 0. The van der Waals surface area contributed by atoms with Crippen LogP contribution in [0.1, 0.15) is 35.3 Å². The van der Waals surface area contributed by atoms with Crippen molar-refractivity contribution in [3.63, 3.8) is 0 Å². The Labute approximate surface area is 159 Å². The van der Waals surface area contributed by atoms with Crippen LogP contribution in [0.3, 0.4) is 0 Å². The van der Waals surface area contributed by atoms with Crippen LogP contribution in [0, 0.1) is 13.8 Å². The van der Waals surface area contributed by atoms with E-state index in [1.165, 1.54) is 11.8 Å². The van der Waals surface area contributed by atoms with Gasteiger partial charge in [0.1, 0.15) is 6.54 Å². The molecular weight excluding hydrogens is 344 g/mol. The molecule has 0 aliphatic rings. The summed E-state index contributed by atoms with van der Waals surface area (Å²) >= 11 is 0. The molecule has 2 amide bonds. The van der Waals surface area contributed by atoms with E-state index in [-0.39, 0.29) is 24.6 Å². The van der Waals surface area contributed by atoms with Gasteiger partial charge in [0.15, 0.2) is 0 Å². The first kappa shape index (κ1) is 20.2. The summed E-state index contributed by atoms with van der Waals surface area (Å²) in [5.41, 5.74) is 3.29. The topological polar surface area (TPSA) is 75.7 Å². The Hall–Kier alpha value is -3.15. The summed E-state index contributed by atoms with van der Waals surface area (Å²) in [6, 6.07) is 12.3. The molecule has 0 unspecified atom stereocenters. The zero-order valence-electron chi connectivity index (χ0n) is 16.0. The van der Waals surface area contributed by atoms with Crippen molar-refractivity contribution in [2.24, 2.45) is 0 Å². The van der Waals surface area contributed by atoms with Gasteiger partial charge in [-0.1, -0.05) is 29.8 Å². The van der Waals surface area contributed by atoms with E-state index in [0.717, 1.165) is 11.1 Å². The van der Waals surface area contributed by atoms with Crippen LogP contribution in [0.25, 0.3) is 0 Å². The number of hydrogen-bond acceptors (Lipinski definition) is 4. The lowest BCUT2D eigenvalue weighted by atomic mass is 10.1. The maximum atomic E-state index is 12.6. The molecule has 0 bridgehead atoms. The van der Waals surface area contributed by atoms with E-state index in [4.69, 9.17) is 4.74 Å². The quantitative estimate of drug-likeness (QED) is 0.792. The molecule has 6 heteroatoms. The van der Waals surface area contributed by atoms with Crippen molar-refractivity contribution in [2.45, 2.75) is 27.7 Å². The lowest BCUT2D eigenvalue weighted by Crippen LogP contribution is -2.37. The number of para-hydroxylation sites is 1. The number of rotatable bonds is 6. The van der Waals surface area contributed by atoms with Crippen molar-refractivity contribution >= 4 is 29.2 Å². The van der Waals surface area contributed by atoms with Gasteiger partial charge in [-0.3, -0.25) is 9.59 Å². The second kappa shape index (κ2) is 8.98. The Balaban J connectivity index is 2.20. The van der Waals surface area contributed by atoms with E-state index in [2.05, 4.69) is 5.32 Å². The van der Waals surface area contributed by atoms with E-state index in [9.17, 15) is 14.4 Å². The zero-order chi connectivity index (χ0) is 20.0. The molecule has 0 saturated carbocycles. The standard InChI is InChI=1S/C21H24N2O4/c1-5-27-21(26)17-8-6-7-9-18(17)22-20(25)13-23(16(4)24)19-11-10-14(2)12-15(19)3/h6-12H,5,13H2,1-4H3,(H,22,25). The summed E-state index contributed by atoms with van der Waals surface area (Å²) < 4.78 is 5.01. The number of carbonyl (C=O) groups is 3. The third-order valence-electron chi connectivity index (χ3n) is 4.02. The Morgan fingerprint density at radius 3 is 2.41 bits per heavy atom. The van der Waals surface area contributed by atoms with Crippen LogP contribution in [-0.2, 0) is 14.3 Å². The van der Waals surface area contributed by atoms with Crippen LogP contribution in [0.2, 0.25) is 0 Å². The van der Waals surface area contributed by atoms with Gasteiger partial charge in [0.05, 0.1) is 17.9 Å². The van der Waals surface area contributed by atoms with Crippen molar-refractivity contribution in [1.29, 1.82) is 0 Å². The Bertz CT molecular complexity index is 861. The Kier molecular flexibility index (Phi) is 6.71. The molecule has 0 aromatic heterocycles. The third-order valence-corrected chi connectivity index (χ3v) is 4.02. The van der Waals surface area contributed by atoms with Crippen molar-refractivity contribution in [1.82, 2.24) is 0 Å². The molecule has 0 spiro atoms. The second-order valence-electron chi connectivity index (χ2n) is 6.21. The molecule has 2 aromatic carbocycles. The number of amides is 2. The van der Waals surface area contributed by atoms with Crippen molar-refractivity contribution in [3.8, 4) is 0 Å². The number of anilines is 2. The lowest BCUT2D eigenvalue weighted by molar-refractivity contribution is -0.120. The second-order valence-corrected chi connectivity index (χ2v) is 6.21. The molecule has 0 heterocycles. The van der Waals surface area contributed by atoms with Crippen molar-refractivity contribution in [3.05, 3.63) is 59.2 Å². The number of nitrogens with zero attached hydrogens (tertiary/aromatic N) is 1. The fraction of sp³-hybridized carbons (Fsp3) is 0.286. The minimum atomic E-state index is -0.508. The van der Waals surface area contributed by atoms with Gasteiger partial charge in [-0.25, -0.2) is 4.79 Å². The normalized spacial score (nSPS) is 10.2. The van der Waals surface area contributed by atoms with Gasteiger partial charge < -0.3 is 15.0 Å². The third kappa shape index (κ3) is 5.17. The van der Waals surface area contributed by atoms with Crippen molar-refractivity contribution in [2.75, 3.05) is 23.4 Å². The van der Waals surface area contributed by atoms with Crippen LogP contribution in [-0.4, -0.2) is 30.9 Å². The Morgan fingerprint density at radius 2 is 1.78 bits per heavy atom. The maximum absolute atomic E-state index is 12.6. The highest BCUT2D eigenvalue weighted by molar-refractivity contribution is 6.05. The number of benzene rings is 2. The summed E-state index contributed by atoms with van der Waals surface area (Å²) in [4.78, 5) is 38.1.